The zero-order valence-electron chi connectivity index (χ0n) is 16.3. The molecule has 2 aliphatic heterocycles. The van der Waals surface area contributed by atoms with Gasteiger partial charge in [0.2, 0.25) is 0 Å². The summed E-state index contributed by atoms with van der Waals surface area (Å²) >= 11 is 0. The highest BCUT2D eigenvalue weighted by atomic mass is 127. The Bertz CT molecular complexity index is 585. The van der Waals surface area contributed by atoms with Gasteiger partial charge < -0.3 is 20.1 Å². The van der Waals surface area contributed by atoms with Gasteiger partial charge in [-0.1, -0.05) is 25.1 Å². The minimum absolute atomic E-state index is 0. The first-order chi connectivity index (χ1) is 12.7. The minimum Gasteiger partial charge on any atom is -0.492 e. The van der Waals surface area contributed by atoms with E-state index in [0.717, 1.165) is 63.2 Å². The van der Waals surface area contributed by atoms with Crippen molar-refractivity contribution in [3.63, 3.8) is 0 Å². The second kappa shape index (κ2) is 11.7. The summed E-state index contributed by atoms with van der Waals surface area (Å²) in [5, 5.41) is 0. The molecule has 27 heavy (non-hydrogen) atoms. The molecule has 2 saturated heterocycles. The number of benzene rings is 1. The molecule has 0 aromatic heterocycles. The smallest absolute Gasteiger partial charge is 0.191 e. The highest BCUT2D eigenvalue weighted by molar-refractivity contribution is 14.0. The molecule has 2 heterocycles. The Morgan fingerprint density at radius 1 is 1.19 bits per heavy atom. The topological polar surface area (TPSA) is 63.3 Å². The van der Waals surface area contributed by atoms with Crippen LogP contribution in [-0.2, 0) is 11.3 Å². The molecular formula is C20H33IN4O2. The van der Waals surface area contributed by atoms with Gasteiger partial charge in [0.25, 0.3) is 0 Å². The molecule has 2 fully saturated rings. The van der Waals surface area contributed by atoms with Crippen LogP contribution >= 0.6 is 24.0 Å². The summed E-state index contributed by atoms with van der Waals surface area (Å²) in [5.74, 6) is 2.35. The Morgan fingerprint density at radius 3 is 2.63 bits per heavy atom. The fourth-order valence-electron chi connectivity index (χ4n) is 3.39. The Kier molecular flexibility index (Phi) is 9.64. The number of hydrogen-bond acceptors (Lipinski definition) is 4. The average Bonchev–Trinajstić information content (AvgIpc) is 2.68. The lowest BCUT2D eigenvalue weighted by atomic mass is 10.00. The lowest BCUT2D eigenvalue weighted by Gasteiger charge is -2.31. The van der Waals surface area contributed by atoms with Crippen molar-refractivity contribution in [3.8, 4) is 5.75 Å². The number of morpholine rings is 1. The Balaban J connectivity index is 0.00000261. The van der Waals surface area contributed by atoms with E-state index in [0.29, 0.717) is 19.1 Å². The van der Waals surface area contributed by atoms with Gasteiger partial charge in [-0.25, -0.2) is 4.99 Å². The molecule has 1 aromatic rings. The van der Waals surface area contributed by atoms with Crippen LogP contribution < -0.4 is 10.5 Å². The van der Waals surface area contributed by atoms with Crippen LogP contribution in [0.5, 0.6) is 5.75 Å². The summed E-state index contributed by atoms with van der Waals surface area (Å²) < 4.78 is 11.4. The number of aliphatic imine (C=N–C) groups is 1. The van der Waals surface area contributed by atoms with Gasteiger partial charge >= 0.3 is 0 Å². The van der Waals surface area contributed by atoms with Crippen molar-refractivity contribution in [1.82, 2.24) is 9.80 Å². The van der Waals surface area contributed by atoms with Gasteiger partial charge in [-0.3, -0.25) is 4.90 Å². The van der Waals surface area contributed by atoms with Crippen LogP contribution in [-0.4, -0.2) is 68.3 Å². The first-order valence-corrected chi connectivity index (χ1v) is 9.78. The van der Waals surface area contributed by atoms with Crippen molar-refractivity contribution in [2.45, 2.75) is 26.3 Å². The standard InChI is InChI=1S/C20H32N4O2.HI/c1-17-6-8-24(9-7-17)20(21)22-16-18-4-2-3-5-19(18)26-15-12-23-10-13-25-14-11-23;/h2-5,17H,6-16H2,1H3,(H2,21,22);1H. The lowest BCUT2D eigenvalue weighted by Crippen LogP contribution is -2.42. The van der Waals surface area contributed by atoms with E-state index in [2.05, 4.69) is 27.8 Å². The van der Waals surface area contributed by atoms with Crippen LogP contribution in [0.3, 0.4) is 0 Å². The Labute approximate surface area is 180 Å². The molecule has 0 radical (unpaired) electrons. The van der Waals surface area contributed by atoms with Gasteiger partial charge in [-0.05, 0) is 24.8 Å². The molecule has 6 nitrogen and oxygen atoms in total. The fraction of sp³-hybridized carbons (Fsp3) is 0.650. The average molecular weight is 488 g/mol. The van der Waals surface area contributed by atoms with Gasteiger partial charge in [0, 0.05) is 38.3 Å². The summed E-state index contributed by atoms with van der Waals surface area (Å²) in [6, 6.07) is 8.12. The van der Waals surface area contributed by atoms with Crippen LogP contribution in [0.1, 0.15) is 25.3 Å². The van der Waals surface area contributed by atoms with Crippen LogP contribution in [0, 0.1) is 5.92 Å². The summed E-state index contributed by atoms with van der Waals surface area (Å²) in [6.07, 6.45) is 2.38. The van der Waals surface area contributed by atoms with Crippen LogP contribution in [0.2, 0.25) is 0 Å². The van der Waals surface area contributed by atoms with Crippen LogP contribution in [0.15, 0.2) is 29.3 Å². The number of likely N-dealkylation sites (tertiary alicyclic amines) is 1. The van der Waals surface area contributed by atoms with E-state index >= 15 is 0 Å². The SMILES string of the molecule is CC1CCN(C(N)=NCc2ccccc2OCCN2CCOCC2)CC1.I. The van der Waals surface area contributed by atoms with Crippen molar-refractivity contribution in [2.75, 3.05) is 52.5 Å². The summed E-state index contributed by atoms with van der Waals surface area (Å²) in [4.78, 5) is 9.19. The van der Waals surface area contributed by atoms with Crippen LogP contribution in [0.4, 0.5) is 0 Å². The molecule has 0 saturated carbocycles. The zero-order valence-corrected chi connectivity index (χ0v) is 18.6. The molecule has 0 aliphatic carbocycles. The third kappa shape index (κ3) is 7.12. The number of nitrogens with two attached hydrogens (primary N) is 1. The summed E-state index contributed by atoms with van der Waals surface area (Å²) in [5.41, 5.74) is 7.29. The van der Waals surface area contributed by atoms with E-state index in [4.69, 9.17) is 15.2 Å². The maximum atomic E-state index is 6.21. The zero-order chi connectivity index (χ0) is 18.2. The second-order valence-corrected chi connectivity index (χ2v) is 7.25. The number of para-hydroxylation sites is 1. The highest BCUT2D eigenvalue weighted by Gasteiger charge is 2.17. The van der Waals surface area contributed by atoms with E-state index in [9.17, 15) is 0 Å². The minimum atomic E-state index is 0. The van der Waals surface area contributed by atoms with Crippen molar-refractivity contribution in [1.29, 1.82) is 0 Å². The van der Waals surface area contributed by atoms with Crippen molar-refractivity contribution in [3.05, 3.63) is 29.8 Å². The molecule has 2 aliphatic rings. The van der Waals surface area contributed by atoms with Gasteiger partial charge in [0.15, 0.2) is 5.96 Å². The third-order valence-corrected chi connectivity index (χ3v) is 5.26. The number of ether oxygens (including phenoxy) is 2. The van der Waals surface area contributed by atoms with Gasteiger partial charge in [0.1, 0.15) is 12.4 Å². The normalized spacial score (nSPS) is 19.6. The number of hydrogen-bond donors (Lipinski definition) is 1. The van der Waals surface area contributed by atoms with Gasteiger partial charge in [-0.15, -0.1) is 24.0 Å². The Morgan fingerprint density at radius 2 is 1.89 bits per heavy atom. The number of halogens is 1. The molecule has 0 bridgehead atoms. The van der Waals surface area contributed by atoms with Gasteiger partial charge in [-0.2, -0.15) is 0 Å². The van der Waals surface area contributed by atoms with E-state index in [1.54, 1.807) is 0 Å². The quantitative estimate of drug-likeness (QED) is 0.379. The van der Waals surface area contributed by atoms with E-state index < -0.39 is 0 Å². The second-order valence-electron chi connectivity index (χ2n) is 7.25. The van der Waals surface area contributed by atoms with Crippen molar-refractivity contribution in [2.24, 2.45) is 16.6 Å². The first-order valence-electron chi connectivity index (χ1n) is 9.78. The third-order valence-electron chi connectivity index (χ3n) is 5.26. The molecule has 7 heteroatoms. The number of piperidine rings is 1. The number of rotatable bonds is 6. The molecule has 0 unspecified atom stereocenters. The van der Waals surface area contributed by atoms with E-state index in [1.807, 2.05) is 18.2 Å². The molecule has 0 amide bonds. The largest absolute Gasteiger partial charge is 0.492 e. The van der Waals surface area contributed by atoms with Gasteiger partial charge in [0.05, 0.1) is 19.8 Å². The van der Waals surface area contributed by atoms with Crippen molar-refractivity contribution >= 4 is 29.9 Å². The molecule has 2 N–H and O–H groups in total. The predicted molar refractivity (Wildman–Crippen MR) is 120 cm³/mol. The first kappa shape index (κ1) is 22.2. The number of guanidine groups is 1. The van der Waals surface area contributed by atoms with Crippen LogP contribution in [0.25, 0.3) is 0 Å². The maximum Gasteiger partial charge on any atom is 0.191 e. The maximum absolute atomic E-state index is 6.21. The number of nitrogens with zero attached hydrogens (tertiary/aromatic N) is 3. The highest BCUT2D eigenvalue weighted by Crippen LogP contribution is 2.20. The molecule has 0 spiro atoms. The summed E-state index contributed by atoms with van der Waals surface area (Å²) in [6.45, 7) is 10.1. The molecular weight excluding hydrogens is 455 g/mol. The molecule has 152 valence electrons. The Hall–Kier alpha value is -1.06. The molecule has 1 aromatic carbocycles. The fourth-order valence-corrected chi connectivity index (χ4v) is 3.39. The summed E-state index contributed by atoms with van der Waals surface area (Å²) in [7, 11) is 0. The monoisotopic (exact) mass is 488 g/mol. The van der Waals surface area contributed by atoms with E-state index in [-0.39, 0.29) is 24.0 Å². The lowest BCUT2D eigenvalue weighted by molar-refractivity contribution is 0.0322. The predicted octanol–water partition coefficient (Wildman–Crippen LogP) is 2.56. The molecule has 3 rings (SSSR count). The van der Waals surface area contributed by atoms with Crippen molar-refractivity contribution < 1.29 is 9.47 Å². The molecule has 0 atom stereocenters. The van der Waals surface area contributed by atoms with E-state index in [1.165, 1.54) is 12.8 Å².